The van der Waals surface area contributed by atoms with Crippen LogP contribution in [-0.4, -0.2) is 49.8 Å². The summed E-state index contributed by atoms with van der Waals surface area (Å²) in [6.45, 7) is 14.4. The quantitative estimate of drug-likeness (QED) is 0.590. The van der Waals surface area contributed by atoms with Gasteiger partial charge in [-0.15, -0.1) is 0 Å². The van der Waals surface area contributed by atoms with Gasteiger partial charge in [0.05, 0.1) is 6.61 Å². The minimum absolute atomic E-state index is 0.570. The summed E-state index contributed by atoms with van der Waals surface area (Å²) < 4.78 is 5.27. The van der Waals surface area contributed by atoms with Crippen LogP contribution in [0.5, 0.6) is 0 Å². The van der Waals surface area contributed by atoms with Crippen LogP contribution in [0.25, 0.3) is 0 Å². The lowest BCUT2D eigenvalue weighted by atomic mass is 10.1. The number of ether oxygens (including phenoxy) is 1. The van der Waals surface area contributed by atoms with Crippen LogP contribution in [-0.2, 0) is 4.74 Å². The molecule has 0 aromatic heterocycles. The van der Waals surface area contributed by atoms with Gasteiger partial charge in [-0.1, -0.05) is 27.7 Å². The molecule has 0 aliphatic carbocycles. The van der Waals surface area contributed by atoms with Crippen molar-refractivity contribution >= 4 is 0 Å². The molecule has 0 saturated heterocycles. The zero-order valence-corrected chi connectivity index (χ0v) is 14.0. The van der Waals surface area contributed by atoms with Crippen LogP contribution in [0.4, 0.5) is 0 Å². The summed E-state index contributed by atoms with van der Waals surface area (Å²) in [5.74, 6) is 0. The summed E-state index contributed by atoms with van der Waals surface area (Å²) in [4.78, 5) is 2.61. The van der Waals surface area contributed by atoms with Crippen LogP contribution in [0.3, 0.4) is 0 Å². The smallest absolute Gasteiger partial charge is 0.0589 e. The van der Waals surface area contributed by atoms with Crippen molar-refractivity contribution in [3.8, 4) is 0 Å². The summed E-state index contributed by atoms with van der Waals surface area (Å²) >= 11 is 0. The molecule has 0 aromatic rings. The SMILES string of the molecule is CCC(CC)NCC(C)N(CCOC)C(CC)CC. The Kier molecular flexibility index (Phi) is 11.6. The van der Waals surface area contributed by atoms with E-state index in [1.165, 1.54) is 25.7 Å². The highest BCUT2D eigenvalue weighted by atomic mass is 16.5. The molecule has 0 fully saturated rings. The maximum atomic E-state index is 5.27. The third-order valence-electron chi connectivity index (χ3n) is 4.22. The lowest BCUT2D eigenvalue weighted by Gasteiger charge is -2.36. The topological polar surface area (TPSA) is 24.5 Å². The van der Waals surface area contributed by atoms with Gasteiger partial charge >= 0.3 is 0 Å². The molecule has 0 amide bonds. The highest BCUT2D eigenvalue weighted by Gasteiger charge is 2.21. The molecule has 3 heteroatoms. The summed E-state index contributed by atoms with van der Waals surface area (Å²) in [6.07, 6.45) is 4.86. The Morgan fingerprint density at radius 3 is 2.00 bits per heavy atom. The highest BCUT2D eigenvalue weighted by molar-refractivity contribution is 4.78. The van der Waals surface area contributed by atoms with E-state index in [-0.39, 0.29) is 0 Å². The van der Waals surface area contributed by atoms with E-state index in [2.05, 4.69) is 44.8 Å². The largest absolute Gasteiger partial charge is 0.383 e. The first-order valence-electron chi connectivity index (χ1n) is 8.12. The second-order valence-electron chi connectivity index (χ2n) is 5.47. The van der Waals surface area contributed by atoms with Crippen LogP contribution < -0.4 is 5.32 Å². The molecule has 0 aliphatic heterocycles. The Morgan fingerprint density at radius 2 is 1.58 bits per heavy atom. The molecule has 0 heterocycles. The first-order valence-corrected chi connectivity index (χ1v) is 8.12. The Morgan fingerprint density at radius 1 is 1.00 bits per heavy atom. The monoisotopic (exact) mass is 272 g/mol. The Balaban J connectivity index is 4.39. The first-order chi connectivity index (χ1) is 9.14. The van der Waals surface area contributed by atoms with Crippen molar-refractivity contribution in [1.29, 1.82) is 0 Å². The average molecular weight is 272 g/mol. The van der Waals surface area contributed by atoms with E-state index < -0.39 is 0 Å². The molecule has 0 bridgehead atoms. The van der Waals surface area contributed by atoms with Gasteiger partial charge < -0.3 is 10.1 Å². The number of hydrogen-bond acceptors (Lipinski definition) is 3. The maximum Gasteiger partial charge on any atom is 0.0589 e. The van der Waals surface area contributed by atoms with Crippen molar-refractivity contribution in [1.82, 2.24) is 10.2 Å². The van der Waals surface area contributed by atoms with Gasteiger partial charge in [0, 0.05) is 38.3 Å². The van der Waals surface area contributed by atoms with E-state index in [0.29, 0.717) is 18.1 Å². The number of nitrogens with one attached hydrogen (secondary N) is 1. The second-order valence-corrected chi connectivity index (χ2v) is 5.47. The van der Waals surface area contributed by atoms with E-state index in [0.717, 1.165) is 19.7 Å². The number of hydrogen-bond donors (Lipinski definition) is 1. The molecule has 1 unspecified atom stereocenters. The zero-order chi connectivity index (χ0) is 14.7. The predicted molar refractivity (Wildman–Crippen MR) is 84.8 cm³/mol. The van der Waals surface area contributed by atoms with Crippen LogP contribution in [0.2, 0.25) is 0 Å². The molecule has 116 valence electrons. The molecule has 3 nitrogen and oxygen atoms in total. The van der Waals surface area contributed by atoms with E-state index in [1.54, 1.807) is 7.11 Å². The van der Waals surface area contributed by atoms with Gasteiger partial charge in [-0.3, -0.25) is 4.90 Å². The minimum atomic E-state index is 0.570. The van der Waals surface area contributed by atoms with Gasteiger partial charge in [0.2, 0.25) is 0 Å². The fraction of sp³-hybridized carbons (Fsp3) is 1.00. The lowest BCUT2D eigenvalue weighted by molar-refractivity contribution is 0.0838. The Hall–Kier alpha value is -0.120. The van der Waals surface area contributed by atoms with E-state index >= 15 is 0 Å². The number of nitrogens with zero attached hydrogens (tertiary/aromatic N) is 1. The lowest BCUT2D eigenvalue weighted by Crippen LogP contribution is -2.48. The third-order valence-corrected chi connectivity index (χ3v) is 4.22. The first kappa shape index (κ1) is 18.9. The highest BCUT2D eigenvalue weighted by Crippen LogP contribution is 2.12. The van der Waals surface area contributed by atoms with Crippen molar-refractivity contribution < 1.29 is 4.74 Å². The van der Waals surface area contributed by atoms with Crippen molar-refractivity contribution in [2.24, 2.45) is 0 Å². The summed E-state index contributed by atoms with van der Waals surface area (Å²) in [5.41, 5.74) is 0. The molecular weight excluding hydrogens is 236 g/mol. The molecular formula is C16H36N2O. The molecule has 0 aliphatic rings. The molecule has 0 saturated carbocycles. The molecule has 0 radical (unpaired) electrons. The molecule has 1 atom stereocenters. The average Bonchev–Trinajstić information content (AvgIpc) is 2.44. The fourth-order valence-electron chi connectivity index (χ4n) is 2.75. The normalized spacial score (nSPS) is 13.7. The summed E-state index contributed by atoms with van der Waals surface area (Å²) in [6, 6.07) is 1.91. The summed E-state index contributed by atoms with van der Waals surface area (Å²) in [7, 11) is 1.79. The van der Waals surface area contributed by atoms with Crippen molar-refractivity contribution in [3.05, 3.63) is 0 Å². The van der Waals surface area contributed by atoms with Crippen molar-refractivity contribution in [2.45, 2.75) is 78.4 Å². The fourth-order valence-corrected chi connectivity index (χ4v) is 2.75. The second kappa shape index (κ2) is 11.7. The number of methoxy groups -OCH3 is 1. The van der Waals surface area contributed by atoms with Gasteiger partial charge in [-0.2, -0.15) is 0 Å². The minimum Gasteiger partial charge on any atom is -0.383 e. The van der Waals surface area contributed by atoms with Crippen LogP contribution in [0.1, 0.15) is 60.3 Å². The molecule has 0 spiro atoms. The maximum absolute atomic E-state index is 5.27. The van der Waals surface area contributed by atoms with E-state index in [4.69, 9.17) is 4.74 Å². The summed E-state index contributed by atoms with van der Waals surface area (Å²) in [5, 5.41) is 3.70. The van der Waals surface area contributed by atoms with E-state index in [1.807, 2.05) is 0 Å². The Bertz CT molecular complexity index is 191. The van der Waals surface area contributed by atoms with Gasteiger partial charge in [-0.25, -0.2) is 0 Å². The van der Waals surface area contributed by atoms with Gasteiger partial charge in [-0.05, 0) is 32.6 Å². The van der Waals surface area contributed by atoms with Gasteiger partial charge in [0.15, 0.2) is 0 Å². The predicted octanol–water partition coefficient (Wildman–Crippen LogP) is 3.29. The van der Waals surface area contributed by atoms with Crippen molar-refractivity contribution in [2.75, 3.05) is 26.8 Å². The van der Waals surface area contributed by atoms with E-state index in [9.17, 15) is 0 Å². The van der Waals surface area contributed by atoms with Crippen LogP contribution in [0.15, 0.2) is 0 Å². The van der Waals surface area contributed by atoms with Gasteiger partial charge in [0.1, 0.15) is 0 Å². The van der Waals surface area contributed by atoms with Crippen molar-refractivity contribution in [3.63, 3.8) is 0 Å². The van der Waals surface area contributed by atoms with Gasteiger partial charge in [0.25, 0.3) is 0 Å². The zero-order valence-electron chi connectivity index (χ0n) is 14.0. The molecule has 19 heavy (non-hydrogen) atoms. The van der Waals surface area contributed by atoms with Crippen LogP contribution >= 0.6 is 0 Å². The Labute approximate surface area is 121 Å². The third kappa shape index (κ3) is 7.28. The number of rotatable bonds is 12. The molecule has 0 rings (SSSR count). The standard InChI is InChI=1S/C16H36N2O/c1-7-15(8-2)17-13-14(5)18(11-12-19-6)16(9-3)10-4/h14-17H,7-13H2,1-6H3. The van der Waals surface area contributed by atoms with Crippen LogP contribution in [0, 0.1) is 0 Å². The molecule has 0 aromatic carbocycles. The molecule has 1 N–H and O–H groups in total.